The molecule has 296 valence electrons. The highest BCUT2D eigenvalue weighted by Crippen LogP contribution is 2.40. The van der Waals surface area contributed by atoms with Crippen molar-refractivity contribution in [2.45, 2.75) is 62.5 Å². The van der Waals surface area contributed by atoms with E-state index in [2.05, 4.69) is 10.3 Å². The van der Waals surface area contributed by atoms with E-state index in [0.717, 1.165) is 21.7 Å². The van der Waals surface area contributed by atoms with Crippen molar-refractivity contribution in [2.75, 3.05) is 12.8 Å². The smallest absolute Gasteiger partial charge is 0.334 e. The van der Waals surface area contributed by atoms with Crippen LogP contribution >= 0.6 is 0 Å². The van der Waals surface area contributed by atoms with Crippen LogP contribution in [-0.2, 0) is 36.8 Å². The fourth-order valence-electron chi connectivity index (χ4n) is 6.69. The maximum atomic E-state index is 16.1. The number of ether oxygens (including phenoxy) is 2. The highest BCUT2D eigenvalue weighted by atomic mass is 32.2. The second-order valence-corrected chi connectivity index (χ2v) is 17.9. The maximum Gasteiger partial charge on any atom is 0.334 e. The van der Waals surface area contributed by atoms with Crippen molar-refractivity contribution >= 4 is 43.8 Å². The first-order valence-electron chi connectivity index (χ1n) is 17.9. The highest BCUT2D eigenvalue weighted by Gasteiger charge is 2.30. The highest BCUT2D eigenvalue weighted by molar-refractivity contribution is 7.90. The Bertz CT molecular complexity index is 2730. The average Bonchev–Trinajstić information content (AvgIpc) is 3.78. The number of hydrogen-bond acceptors (Lipinski definition) is 8. The van der Waals surface area contributed by atoms with Crippen molar-refractivity contribution in [3.05, 3.63) is 130 Å². The summed E-state index contributed by atoms with van der Waals surface area (Å²) in [5, 5.41) is 3.48. The van der Waals surface area contributed by atoms with Crippen LogP contribution < -0.4 is 10.1 Å². The van der Waals surface area contributed by atoms with E-state index in [0.29, 0.717) is 24.4 Å². The number of nitrogens with one attached hydrogen (secondary N) is 2. The topological polar surface area (TPSA) is 132 Å². The number of hydrogen-bond donors (Lipinski definition) is 2. The Balaban J connectivity index is 1.22. The maximum absolute atomic E-state index is 16.1. The van der Waals surface area contributed by atoms with Gasteiger partial charge in [0.25, 0.3) is 10.0 Å². The van der Waals surface area contributed by atoms with Crippen LogP contribution in [0.2, 0.25) is 0 Å². The molecule has 2 unspecified atom stereocenters. The molecule has 1 aliphatic rings. The lowest BCUT2D eigenvalue weighted by Crippen LogP contribution is -2.31. The fourth-order valence-corrected chi connectivity index (χ4v) is 8.91. The van der Waals surface area contributed by atoms with Crippen molar-refractivity contribution in [3.63, 3.8) is 0 Å². The van der Waals surface area contributed by atoms with Crippen LogP contribution in [0.3, 0.4) is 0 Å². The number of carbonyl (C=O) groups is 1. The van der Waals surface area contributed by atoms with Gasteiger partial charge in [0.15, 0.2) is 11.6 Å². The molecule has 0 aliphatic carbocycles. The molecule has 0 saturated heterocycles. The third-order valence-electron chi connectivity index (χ3n) is 9.37. The van der Waals surface area contributed by atoms with Gasteiger partial charge in [-0.1, -0.05) is 35.9 Å². The monoisotopic (exact) mass is 816 g/mol. The standard InChI is InChI=1S/C42H39F3N4O6S2/c1-23-10-13-27(14-11-23)57(52,53)49-19-17-28-34(49)22-32(44)38(39(28)56(6)51)54-26-12-15-31(43)30(21-26)40-47-33-16-18-46-36(37(33)48-40)29-9-7-8-25(35(29)45)20-24(2)41(50)55-42(3,4)5/h7-15,17,19-22,36,46H,16,18H2,1-6H3,(H,47,48)/b24-20+. The third-order valence-corrected chi connectivity index (χ3v) is 12.1. The number of fused-ring (bicyclic) bond motifs is 2. The lowest BCUT2D eigenvalue weighted by Gasteiger charge is -2.24. The number of aryl methyl sites for hydroxylation is 1. The minimum atomic E-state index is -4.14. The molecule has 2 N–H and O–H groups in total. The summed E-state index contributed by atoms with van der Waals surface area (Å²) >= 11 is 0. The molecule has 57 heavy (non-hydrogen) atoms. The average molecular weight is 817 g/mol. The summed E-state index contributed by atoms with van der Waals surface area (Å²) in [6.45, 7) is 9.06. The summed E-state index contributed by atoms with van der Waals surface area (Å²) in [5.41, 5.74) is 1.84. The van der Waals surface area contributed by atoms with E-state index in [4.69, 9.17) is 14.5 Å². The number of H-pyrrole nitrogens is 1. The van der Waals surface area contributed by atoms with Gasteiger partial charge in [-0.2, -0.15) is 0 Å². The van der Waals surface area contributed by atoms with Gasteiger partial charge in [-0.25, -0.2) is 35.3 Å². The van der Waals surface area contributed by atoms with E-state index in [9.17, 15) is 17.4 Å². The second kappa shape index (κ2) is 15.1. The van der Waals surface area contributed by atoms with Gasteiger partial charge in [-0.3, -0.25) is 4.21 Å². The van der Waals surface area contributed by atoms with E-state index in [1.807, 2.05) is 6.92 Å². The van der Waals surface area contributed by atoms with Crippen LogP contribution in [0, 0.1) is 24.4 Å². The normalized spacial score (nSPS) is 15.4. The van der Waals surface area contributed by atoms with Crippen molar-refractivity contribution in [2.24, 2.45) is 0 Å². The number of halogens is 3. The molecule has 1 aliphatic heterocycles. The Morgan fingerprint density at radius 1 is 1.02 bits per heavy atom. The van der Waals surface area contributed by atoms with Gasteiger partial charge >= 0.3 is 5.97 Å². The largest absolute Gasteiger partial charge is 0.457 e. The van der Waals surface area contributed by atoms with Crippen molar-refractivity contribution in [3.8, 4) is 22.9 Å². The fraction of sp³-hybridized carbons (Fsp3) is 0.238. The quantitative estimate of drug-likeness (QED) is 0.110. The lowest BCUT2D eigenvalue weighted by molar-refractivity contribution is -0.149. The molecule has 0 spiro atoms. The molecule has 6 aromatic rings. The molecule has 2 atom stereocenters. The van der Waals surface area contributed by atoms with Crippen LogP contribution in [0.1, 0.15) is 61.8 Å². The summed E-state index contributed by atoms with van der Waals surface area (Å²) in [7, 11) is -6.01. The van der Waals surface area contributed by atoms with E-state index in [1.165, 1.54) is 48.9 Å². The molecule has 2 aromatic heterocycles. The molecule has 15 heteroatoms. The number of nitrogens with zero attached hydrogens (tertiary/aromatic N) is 2. The van der Waals surface area contributed by atoms with Crippen LogP contribution in [0.25, 0.3) is 28.4 Å². The molecule has 3 heterocycles. The Hall–Kier alpha value is -5.51. The van der Waals surface area contributed by atoms with Crippen LogP contribution in [0.15, 0.2) is 94.4 Å². The van der Waals surface area contributed by atoms with Gasteiger partial charge < -0.3 is 19.8 Å². The molecular formula is C42H39F3N4O6S2. The Kier molecular flexibility index (Phi) is 10.5. The third kappa shape index (κ3) is 7.78. The number of benzene rings is 4. The van der Waals surface area contributed by atoms with Crippen LogP contribution in [0.5, 0.6) is 11.5 Å². The van der Waals surface area contributed by atoms with Crippen molar-refractivity contribution in [1.82, 2.24) is 19.3 Å². The number of carbonyl (C=O) groups excluding carboxylic acids is 1. The molecule has 10 nitrogen and oxygen atoms in total. The first-order valence-corrected chi connectivity index (χ1v) is 20.9. The molecule has 0 bridgehead atoms. The number of rotatable bonds is 9. The van der Waals surface area contributed by atoms with E-state index >= 15 is 13.2 Å². The lowest BCUT2D eigenvalue weighted by atomic mass is 9.95. The van der Waals surface area contributed by atoms with E-state index < -0.39 is 61.6 Å². The Morgan fingerprint density at radius 3 is 2.46 bits per heavy atom. The second-order valence-electron chi connectivity index (χ2n) is 14.7. The summed E-state index contributed by atoms with van der Waals surface area (Å²) in [6, 6.07) is 16.4. The Labute approximate surface area is 330 Å². The van der Waals surface area contributed by atoms with E-state index in [-0.39, 0.29) is 54.5 Å². The number of aromatic nitrogens is 3. The predicted molar refractivity (Wildman–Crippen MR) is 211 cm³/mol. The minimum absolute atomic E-state index is 0.00719. The summed E-state index contributed by atoms with van der Waals surface area (Å²) in [6.07, 6.45) is 4.49. The van der Waals surface area contributed by atoms with Gasteiger partial charge in [-0.05, 0) is 77.1 Å². The zero-order valence-corrected chi connectivity index (χ0v) is 33.5. The molecule has 0 saturated carbocycles. The zero-order chi connectivity index (χ0) is 41.0. The molecule has 7 rings (SSSR count). The zero-order valence-electron chi connectivity index (χ0n) is 31.9. The van der Waals surface area contributed by atoms with Gasteiger partial charge in [-0.15, -0.1) is 0 Å². The van der Waals surface area contributed by atoms with Gasteiger partial charge in [0.05, 0.1) is 43.4 Å². The molecular weight excluding hydrogens is 778 g/mol. The number of esters is 1. The summed E-state index contributed by atoms with van der Waals surface area (Å²) in [4.78, 5) is 20.3. The van der Waals surface area contributed by atoms with Crippen molar-refractivity contribution < 1.29 is 40.1 Å². The van der Waals surface area contributed by atoms with E-state index in [1.54, 1.807) is 58.0 Å². The predicted octanol–water partition coefficient (Wildman–Crippen LogP) is 8.50. The first kappa shape index (κ1) is 39.7. The number of imidazole rings is 1. The molecule has 0 fully saturated rings. The summed E-state index contributed by atoms with van der Waals surface area (Å²) < 4.78 is 100. The molecule has 4 aromatic carbocycles. The molecule has 0 radical (unpaired) electrons. The Morgan fingerprint density at radius 2 is 1.75 bits per heavy atom. The van der Waals surface area contributed by atoms with Gasteiger partial charge in [0.1, 0.15) is 28.8 Å². The van der Waals surface area contributed by atoms with Crippen LogP contribution in [0.4, 0.5) is 13.2 Å². The molecule has 0 amide bonds. The number of aromatic amines is 1. The minimum Gasteiger partial charge on any atom is -0.457 e. The summed E-state index contributed by atoms with van der Waals surface area (Å²) in [5.74, 6) is -3.12. The first-order chi connectivity index (χ1) is 26.9. The van der Waals surface area contributed by atoms with Gasteiger partial charge in [0, 0.05) is 59.3 Å². The van der Waals surface area contributed by atoms with Crippen LogP contribution in [-0.4, -0.2) is 50.9 Å². The SMILES string of the molecule is C/C(=C\c1cccc(C2NCCc3[nH]c(-c4cc(Oc5c(F)cc6c(ccn6S(=O)(=O)c6ccc(C)cc6)c5S(C)=O)ccc4F)nc32)c1F)C(=O)OC(C)(C)C. The van der Waals surface area contributed by atoms with Gasteiger partial charge in [0.2, 0.25) is 0 Å². The van der Waals surface area contributed by atoms with Crippen molar-refractivity contribution in [1.29, 1.82) is 0 Å².